The number of allylic oxidation sites excluding steroid dienone is 4. The molecule has 0 aliphatic heterocycles. The molecular weight excluding hydrogens is 484 g/mol. The van der Waals surface area contributed by atoms with Crippen LogP contribution in [0.2, 0.25) is 0 Å². The highest BCUT2D eigenvalue weighted by atomic mass is 15.2. The van der Waals surface area contributed by atoms with E-state index in [1.54, 1.807) is 0 Å². The molecular formula is C38H32N2. The van der Waals surface area contributed by atoms with Gasteiger partial charge in [0.05, 0.1) is 11.4 Å². The van der Waals surface area contributed by atoms with Crippen LogP contribution in [0.4, 0.5) is 28.4 Å². The smallest absolute Gasteiger partial charge is 0.0619 e. The lowest BCUT2D eigenvalue weighted by molar-refractivity contribution is 1.17. The molecule has 0 aromatic heterocycles. The molecule has 0 aliphatic carbocycles. The van der Waals surface area contributed by atoms with E-state index in [-0.39, 0.29) is 0 Å². The first kappa shape index (κ1) is 25.2. The van der Waals surface area contributed by atoms with Crippen molar-refractivity contribution in [3.8, 4) is 0 Å². The van der Waals surface area contributed by atoms with E-state index < -0.39 is 0 Å². The monoisotopic (exact) mass is 516 g/mol. The van der Waals surface area contributed by atoms with E-state index in [2.05, 4.69) is 181 Å². The maximum absolute atomic E-state index is 2.39. The molecule has 6 rings (SSSR count). The Balaban J connectivity index is 1.75. The first-order chi connectivity index (χ1) is 19.8. The molecule has 194 valence electrons. The quantitative estimate of drug-likeness (QED) is 0.118. The second kappa shape index (κ2) is 11.3. The van der Waals surface area contributed by atoms with Crippen molar-refractivity contribution in [3.63, 3.8) is 0 Å². The summed E-state index contributed by atoms with van der Waals surface area (Å²) in [7, 11) is 0. The second-order valence-electron chi connectivity index (χ2n) is 9.80. The third-order valence-corrected chi connectivity index (χ3v) is 7.25. The maximum atomic E-state index is 2.39. The predicted molar refractivity (Wildman–Crippen MR) is 173 cm³/mol. The number of hydrogen-bond donors (Lipinski definition) is 0. The SMILES string of the molecule is C/C=C\C=C(/C)N(c1ccccc1)c1c2ccccc2c(N(c2ccccc2)c2ccccc2)c2ccccc12. The molecule has 0 unspecified atom stereocenters. The largest absolute Gasteiger partial charge is 0.313 e. The lowest BCUT2D eigenvalue weighted by Gasteiger charge is -2.33. The van der Waals surface area contributed by atoms with Crippen LogP contribution in [0.5, 0.6) is 0 Å². The molecule has 6 aromatic carbocycles. The molecule has 0 N–H and O–H groups in total. The van der Waals surface area contributed by atoms with Gasteiger partial charge in [0.15, 0.2) is 0 Å². The summed E-state index contributed by atoms with van der Waals surface area (Å²) in [6.07, 6.45) is 6.37. The average Bonchev–Trinajstić information content (AvgIpc) is 3.02. The molecule has 0 spiro atoms. The van der Waals surface area contributed by atoms with Gasteiger partial charge in [0.2, 0.25) is 0 Å². The van der Waals surface area contributed by atoms with Gasteiger partial charge in [-0.25, -0.2) is 0 Å². The summed E-state index contributed by atoms with van der Waals surface area (Å²) < 4.78 is 0. The van der Waals surface area contributed by atoms with E-state index in [0.29, 0.717) is 0 Å². The first-order valence-corrected chi connectivity index (χ1v) is 13.8. The number of hydrogen-bond acceptors (Lipinski definition) is 2. The van der Waals surface area contributed by atoms with Gasteiger partial charge in [0.25, 0.3) is 0 Å². The third kappa shape index (κ3) is 4.65. The maximum Gasteiger partial charge on any atom is 0.0619 e. The molecule has 0 fully saturated rings. The molecule has 0 atom stereocenters. The molecule has 0 heterocycles. The van der Waals surface area contributed by atoms with Crippen molar-refractivity contribution in [3.05, 3.63) is 163 Å². The number of benzene rings is 6. The summed E-state index contributed by atoms with van der Waals surface area (Å²) in [5.41, 5.74) is 6.89. The van der Waals surface area contributed by atoms with E-state index in [1.807, 2.05) is 0 Å². The summed E-state index contributed by atoms with van der Waals surface area (Å²) >= 11 is 0. The summed E-state index contributed by atoms with van der Waals surface area (Å²) in [6.45, 7) is 4.24. The fraction of sp³-hybridized carbons (Fsp3) is 0.0526. The summed E-state index contributed by atoms with van der Waals surface area (Å²) in [5.74, 6) is 0. The van der Waals surface area contributed by atoms with Crippen molar-refractivity contribution < 1.29 is 0 Å². The van der Waals surface area contributed by atoms with Gasteiger partial charge in [-0.3, -0.25) is 0 Å². The van der Waals surface area contributed by atoms with E-state index in [9.17, 15) is 0 Å². The number of fused-ring (bicyclic) bond motifs is 2. The molecule has 0 bridgehead atoms. The van der Waals surface area contributed by atoms with Crippen molar-refractivity contribution in [1.29, 1.82) is 0 Å². The van der Waals surface area contributed by atoms with Crippen LogP contribution in [0.3, 0.4) is 0 Å². The van der Waals surface area contributed by atoms with Gasteiger partial charge in [0, 0.05) is 44.3 Å². The fourth-order valence-corrected chi connectivity index (χ4v) is 5.52. The Labute approximate surface area is 236 Å². The lowest BCUT2D eigenvalue weighted by Crippen LogP contribution is -2.17. The zero-order valence-electron chi connectivity index (χ0n) is 22.9. The lowest BCUT2D eigenvalue weighted by atomic mass is 9.95. The van der Waals surface area contributed by atoms with Crippen LogP contribution >= 0.6 is 0 Å². The highest BCUT2D eigenvalue weighted by Crippen LogP contribution is 2.49. The van der Waals surface area contributed by atoms with Crippen molar-refractivity contribution in [2.45, 2.75) is 13.8 Å². The number of anilines is 5. The van der Waals surface area contributed by atoms with Gasteiger partial charge in [-0.1, -0.05) is 115 Å². The van der Waals surface area contributed by atoms with Crippen LogP contribution in [-0.2, 0) is 0 Å². The van der Waals surface area contributed by atoms with E-state index in [4.69, 9.17) is 0 Å². The number of para-hydroxylation sites is 3. The van der Waals surface area contributed by atoms with Gasteiger partial charge >= 0.3 is 0 Å². The van der Waals surface area contributed by atoms with Gasteiger partial charge in [-0.15, -0.1) is 0 Å². The Morgan fingerprint density at radius 2 is 0.850 bits per heavy atom. The van der Waals surface area contributed by atoms with E-state index in [1.165, 1.54) is 32.9 Å². The third-order valence-electron chi connectivity index (χ3n) is 7.25. The molecule has 6 aromatic rings. The predicted octanol–water partition coefficient (Wildman–Crippen LogP) is 11.1. The second-order valence-corrected chi connectivity index (χ2v) is 9.80. The van der Waals surface area contributed by atoms with Gasteiger partial charge in [-0.05, 0) is 56.3 Å². The summed E-state index contributed by atoms with van der Waals surface area (Å²) in [5, 5.41) is 4.79. The number of rotatable bonds is 7. The van der Waals surface area contributed by atoms with Crippen molar-refractivity contribution in [1.82, 2.24) is 0 Å². The van der Waals surface area contributed by atoms with Gasteiger partial charge < -0.3 is 9.80 Å². The highest BCUT2D eigenvalue weighted by molar-refractivity contribution is 6.22. The Hall–Kier alpha value is -5.08. The normalized spacial score (nSPS) is 11.8. The first-order valence-electron chi connectivity index (χ1n) is 13.8. The Kier molecular flexibility index (Phi) is 7.15. The minimum absolute atomic E-state index is 1.13. The molecule has 0 saturated heterocycles. The van der Waals surface area contributed by atoms with Crippen LogP contribution in [0.1, 0.15) is 13.8 Å². The minimum atomic E-state index is 1.13. The van der Waals surface area contributed by atoms with Crippen LogP contribution in [0.15, 0.2) is 163 Å². The van der Waals surface area contributed by atoms with Gasteiger partial charge in [0.1, 0.15) is 0 Å². The number of nitrogens with zero attached hydrogens (tertiary/aromatic N) is 2. The van der Waals surface area contributed by atoms with Crippen molar-refractivity contribution in [2.24, 2.45) is 0 Å². The van der Waals surface area contributed by atoms with Gasteiger partial charge in [-0.2, -0.15) is 0 Å². The van der Waals surface area contributed by atoms with Crippen molar-refractivity contribution >= 4 is 50.0 Å². The summed E-state index contributed by atoms with van der Waals surface area (Å²) in [4.78, 5) is 4.79. The van der Waals surface area contributed by atoms with Crippen LogP contribution in [0, 0.1) is 0 Å². The minimum Gasteiger partial charge on any atom is -0.313 e. The standard InChI is InChI=1S/C38H32N2/c1-3-4-18-29(2)39(30-19-8-5-9-20-30)37-33-25-14-16-27-35(33)38(36-28-17-15-26-34(36)37)40(31-21-10-6-11-22-31)32-23-12-7-13-24-32/h3-28H,1-2H3/b4-3-,29-18+. The van der Waals surface area contributed by atoms with Crippen LogP contribution in [-0.4, -0.2) is 0 Å². The zero-order valence-corrected chi connectivity index (χ0v) is 22.9. The molecule has 0 saturated carbocycles. The summed E-state index contributed by atoms with van der Waals surface area (Å²) in [6, 6.07) is 49.6. The van der Waals surface area contributed by atoms with Crippen LogP contribution < -0.4 is 9.80 Å². The molecule has 0 amide bonds. The zero-order chi connectivity index (χ0) is 27.3. The highest BCUT2D eigenvalue weighted by Gasteiger charge is 2.24. The Morgan fingerprint density at radius 1 is 0.475 bits per heavy atom. The molecule has 40 heavy (non-hydrogen) atoms. The van der Waals surface area contributed by atoms with E-state index >= 15 is 0 Å². The molecule has 0 radical (unpaired) electrons. The average molecular weight is 517 g/mol. The Bertz CT molecular complexity index is 1710. The fourth-order valence-electron chi connectivity index (χ4n) is 5.52. The molecule has 2 heteroatoms. The topological polar surface area (TPSA) is 6.48 Å². The Morgan fingerprint density at radius 3 is 1.27 bits per heavy atom. The van der Waals surface area contributed by atoms with Crippen molar-refractivity contribution in [2.75, 3.05) is 9.80 Å². The molecule has 2 nitrogen and oxygen atoms in total. The van der Waals surface area contributed by atoms with Crippen LogP contribution in [0.25, 0.3) is 21.5 Å². The van der Waals surface area contributed by atoms with E-state index in [0.717, 1.165) is 22.8 Å². The molecule has 0 aliphatic rings.